The number of rotatable bonds is 8. The fourth-order valence-corrected chi connectivity index (χ4v) is 2.26. The van der Waals surface area contributed by atoms with Crippen molar-refractivity contribution in [3.8, 4) is 5.75 Å². The van der Waals surface area contributed by atoms with E-state index in [1.165, 1.54) is 0 Å². The van der Waals surface area contributed by atoms with Crippen LogP contribution in [0.3, 0.4) is 0 Å². The molecule has 0 aliphatic heterocycles. The number of nitrogens with one attached hydrogen (secondary N) is 1. The number of halogens is 1. The van der Waals surface area contributed by atoms with E-state index in [2.05, 4.69) is 28.2 Å². The number of carbonyl (C=O) groups excluding carboxylic acids is 1. The first-order valence-corrected chi connectivity index (χ1v) is 7.66. The Balaban J connectivity index is 2.52. The summed E-state index contributed by atoms with van der Waals surface area (Å²) in [4.78, 5) is 13.1. The van der Waals surface area contributed by atoms with Crippen LogP contribution in [0.5, 0.6) is 5.75 Å². The van der Waals surface area contributed by atoms with Gasteiger partial charge < -0.3 is 15.0 Å². The molecule has 0 aliphatic rings. The van der Waals surface area contributed by atoms with E-state index in [4.69, 9.17) is 4.74 Å². The van der Waals surface area contributed by atoms with Gasteiger partial charge in [-0.05, 0) is 35.0 Å². The van der Waals surface area contributed by atoms with Crippen molar-refractivity contribution in [3.05, 3.63) is 28.2 Å². The highest BCUT2D eigenvalue weighted by Gasteiger charge is 2.09. The summed E-state index contributed by atoms with van der Waals surface area (Å²) in [6.07, 6.45) is 1.24. The summed E-state index contributed by atoms with van der Waals surface area (Å²) < 4.78 is 6.79. The van der Waals surface area contributed by atoms with Crippen molar-refractivity contribution in [2.24, 2.45) is 0 Å². The molecule has 1 aromatic carbocycles. The van der Waals surface area contributed by atoms with Crippen LogP contribution in [0.2, 0.25) is 0 Å². The number of hydrogen-bond donors (Lipinski definition) is 1. The van der Waals surface area contributed by atoms with Gasteiger partial charge in [-0.2, -0.15) is 0 Å². The minimum absolute atomic E-state index is 0.133. The zero-order valence-electron chi connectivity index (χ0n) is 12.4. The maximum Gasteiger partial charge on any atom is 0.222 e. The lowest BCUT2D eigenvalue weighted by Gasteiger charge is -2.14. The Hall–Kier alpha value is -1.07. The molecule has 0 fully saturated rings. The largest absolute Gasteiger partial charge is 0.492 e. The SMILES string of the molecule is CCNCc1cccc(Br)c1OCCCC(=O)N(C)C. The lowest BCUT2D eigenvalue weighted by atomic mass is 10.2. The Bertz CT molecular complexity index is 436. The topological polar surface area (TPSA) is 41.6 Å². The summed E-state index contributed by atoms with van der Waals surface area (Å²) in [6.45, 7) is 4.32. The molecule has 1 aromatic rings. The maximum absolute atomic E-state index is 11.5. The molecule has 5 heteroatoms. The van der Waals surface area contributed by atoms with Gasteiger partial charge >= 0.3 is 0 Å². The molecular weight excluding hydrogens is 320 g/mol. The summed E-state index contributed by atoms with van der Waals surface area (Å²) in [6, 6.07) is 6.02. The van der Waals surface area contributed by atoms with Crippen LogP contribution in [0.25, 0.3) is 0 Å². The molecule has 1 amide bonds. The summed E-state index contributed by atoms with van der Waals surface area (Å²) in [7, 11) is 3.54. The average Bonchev–Trinajstić information content (AvgIpc) is 2.42. The molecular formula is C15H23BrN2O2. The first-order valence-electron chi connectivity index (χ1n) is 6.87. The summed E-state index contributed by atoms with van der Waals surface area (Å²) in [5.74, 6) is 0.999. The van der Waals surface area contributed by atoms with Crippen LogP contribution < -0.4 is 10.1 Å². The highest BCUT2D eigenvalue weighted by atomic mass is 79.9. The highest BCUT2D eigenvalue weighted by molar-refractivity contribution is 9.10. The Labute approximate surface area is 129 Å². The van der Waals surface area contributed by atoms with Crippen molar-refractivity contribution in [2.75, 3.05) is 27.2 Å². The second-order valence-corrected chi connectivity index (χ2v) is 5.60. The molecule has 0 bridgehead atoms. The molecule has 0 radical (unpaired) electrons. The summed E-state index contributed by atoms with van der Waals surface area (Å²) in [5.41, 5.74) is 1.13. The lowest BCUT2D eigenvalue weighted by molar-refractivity contribution is -0.128. The predicted octanol–water partition coefficient (Wildman–Crippen LogP) is 2.81. The van der Waals surface area contributed by atoms with Crippen LogP contribution in [0, 0.1) is 0 Å². The van der Waals surface area contributed by atoms with E-state index in [1.807, 2.05) is 18.2 Å². The van der Waals surface area contributed by atoms with Crippen molar-refractivity contribution in [3.63, 3.8) is 0 Å². The highest BCUT2D eigenvalue weighted by Crippen LogP contribution is 2.29. The molecule has 0 unspecified atom stereocenters. The molecule has 20 heavy (non-hydrogen) atoms. The van der Waals surface area contributed by atoms with Crippen LogP contribution >= 0.6 is 15.9 Å². The number of ether oxygens (including phenoxy) is 1. The van der Waals surface area contributed by atoms with Gasteiger partial charge in [-0.15, -0.1) is 0 Å². The van der Waals surface area contributed by atoms with Crippen molar-refractivity contribution in [2.45, 2.75) is 26.3 Å². The first-order chi connectivity index (χ1) is 9.56. The minimum atomic E-state index is 0.133. The van der Waals surface area contributed by atoms with E-state index >= 15 is 0 Å². The predicted molar refractivity (Wildman–Crippen MR) is 84.9 cm³/mol. The molecule has 0 spiro atoms. The maximum atomic E-state index is 11.5. The van der Waals surface area contributed by atoms with Gasteiger partial charge in [0.2, 0.25) is 5.91 Å². The normalized spacial score (nSPS) is 10.4. The van der Waals surface area contributed by atoms with Crippen LogP contribution in [0.15, 0.2) is 22.7 Å². The van der Waals surface area contributed by atoms with Gasteiger partial charge in [0.05, 0.1) is 11.1 Å². The van der Waals surface area contributed by atoms with Crippen LogP contribution in [0.4, 0.5) is 0 Å². The summed E-state index contributed by atoms with van der Waals surface area (Å²) in [5, 5.41) is 3.29. The van der Waals surface area contributed by atoms with E-state index in [-0.39, 0.29) is 5.91 Å². The number of carbonyl (C=O) groups is 1. The van der Waals surface area contributed by atoms with Gasteiger partial charge in [0, 0.05) is 32.6 Å². The van der Waals surface area contributed by atoms with Crippen LogP contribution in [-0.4, -0.2) is 38.1 Å². The van der Waals surface area contributed by atoms with Gasteiger partial charge in [0.1, 0.15) is 5.75 Å². The minimum Gasteiger partial charge on any atom is -0.492 e. The molecule has 0 aromatic heterocycles. The molecule has 0 atom stereocenters. The van der Waals surface area contributed by atoms with Crippen molar-refractivity contribution < 1.29 is 9.53 Å². The Morgan fingerprint density at radius 1 is 1.40 bits per heavy atom. The average molecular weight is 343 g/mol. The molecule has 112 valence electrons. The van der Waals surface area contributed by atoms with Crippen LogP contribution in [-0.2, 0) is 11.3 Å². The molecule has 1 rings (SSSR count). The van der Waals surface area contributed by atoms with Gasteiger partial charge in [-0.3, -0.25) is 4.79 Å². The van der Waals surface area contributed by atoms with Gasteiger partial charge in [-0.1, -0.05) is 19.1 Å². The zero-order chi connectivity index (χ0) is 15.0. The molecule has 0 saturated heterocycles. The Morgan fingerprint density at radius 3 is 2.80 bits per heavy atom. The Kier molecular flexibility index (Phi) is 7.62. The second kappa shape index (κ2) is 8.97. The molecule has 1 N–H and O–H groups in total. The number of amides is 1. The van der Waals surface area contributed by atoms with E-state index < -0.39 is 0 Å². The van der Waals surface area contributed by atoms with E-state index in [0.717, 1.165) is 35.3 Å². The molecule has 0 saturated carbocycles. The third-order valence-corrected chi connectivity index (χ3v) is 3.52. The molecule has 4 nitrogen and oxygen atoms in total. The van der Waals surface area contributed by atoms with Gasteiger partial charge in [0.15, 0.2) is 0 Å². The van der Waals surface area contributed by atoms with Crippen molar-refractivity contribution in [1.82, 2.24) is 10.2 Å². The van der Waals surface area contributed by atoms with Crippen molar-refractivity contribution in [1.29, 1.82) is 0 Å². The van der Waals surface area contributed by atoms with E-state index in [0.29, 0.717) is 13.0 Å². The van der Waals surface area contributed by atoms with E-state index in [1.54, 1.807) is 19.0 Å². The Morgan fingerprint density at radius 2 is 2.15 bits per heavy atom. The van der Waals surface area contributed by atoms with E-state index in [9.17, 15) is 4.79 Å². The lowest BCUT2D eigenvalue weighted by Crippen LogP contribution is -2.21. The first kappa shape index (κ1) is 17.0. The van der Waals surface area contributed by atoms with Crippen molar-refractivity contribution >= 4 is 21.8 Å². The fraction of sp³-hybridized carbons (Fsp3) is 0.533. The number of nitrogens with zero attached hydrogens (tertiary/aromatic N) is 1. The number of hydrogen-bond acceptors (Lipinski definition) is 3. The summed E-state index contributed by atoms with van der Waals surface area (Å²) >= 11 is 3.52. The van der Waals surface area contributed by atoms with Crippen LogP contribution in [0.1, 0.15) is 25.3 Å². The van der Waals surface area contributed by atoms with Gasteiger partial charge in [-0.25, -0.2) is 0 Å². The second-order valence-electron chi connectivity index (χ2n) is 4.75. The zero-order valence-corrected chi connectivity index (χ0v) is 14.0. The number of para-hydroxylation sites is 1. The third-order valence-electron chi connectivity index (χ3n) is 2.89. The standard InChI is InChI=1S/C15H23BrN2O2/c1-4-17-11-12-7-5-8-13(16)15(12)20-10-6-9-14(19)18(2)3/h5,7-8,17H,4,6,9-11H2,1-3H3. The monoisotopic (exact) mass is 342 g/mol. The number of benzene rings is 1. The smallest absolute Gasteiger partial charge is 0.222 e. The third kappa shape index (κ3) is 5.51. The van der Waals surface area contributed by atoms with Gasteiger partial charge in [0.25, 0.3) is 0 Å². The quantitative estimate of drug-likeness (QED) is 0.738. The fourth-order valence-electron chi connectivity index (χ4n) is 1.74. The molecule has 0 heterocycles. The molecule has 0 aliphatic carbocycles.